The number of quaternary nitrogens is 9. The molecule has 0 aliphatic rings. The average molecular weight is 1890 g/mol. The van der Waals surface area contributed by atoms with E-state index >= 15 is 0 Å². The highest BCUT2D eigenvalue weighted by molar-refractivity contribution is 5.88. The standard InChI is InChI=1S/C15H30NO2.2C14H28NO2.C13H26NO2.C12H24NO2.C11H22NO2.2C9H18NO2.C8H16NO2/c1-6-9-11-16(8-3,10-7-2)12-13-18-15(17)14(4)5;1-6-9-15(8-3,10-7-2)11-12-17-14(16)13(4)5;1-5-9-11-15(8-4,10-6-2)12-13-17-14(16)7-3;1-5-9-14(8-4,10-6-2)11-12-16-13(15)7-3;1-6-13(7-2,8-3)9-10-15-12(14)11(4)5;1-5-11(13)14-10-9-12(6-2,7-3)8-4;1-8(2)9(11)12-7-6-10(3,4)5;1-5-6-9(11)12-8-7-10(2,3)4;1-5-8(10)11-7-6-9(2,3)4/h4,6-13H2,1-3,5H3;4,6-12H2,1-3,5H3;7H,3,5-6,8-13H2,1-2,4H3;7H,3,5-6,8-12H2,1-2,4H3;4,6-10H2,1-3,5H3;5H,1,6-10H2,2-4H3;1,6-7H2,2-5H3;5-6H,7-8H2,1-4H3;5H,1,6-7H2,2-4H3/q9*+1/b;;;;;;;6-5+;. The van der Waals surface area contributed by atoms with Crippen molar-refractivity contribution in [1.29, 1.82) is 0 Å². The van der Waals surface area contributed by atoms with Crippen molar-refractivity contribution >= 4 is 53.7 Å². The Hall–Kier alpha value is -7.47. The highest BCUT2D eigenvalue weighted by Gasteiger charge is 2.29. The van der Waals surface area contributed by atoms with Gasteiger partial charge in [0, 0.05) is 52.7 Å². The zero-order valence-electron chi connectivity index (χ0n) is 91.5. The molecule has 0 aromatic heterocycles. The van der Waals surface area contributed by atoms with Crippen LogP contribution in [0.5, 0.6) is 0 Å². The third kappa shape index (κ3) is 84.3. The van der Waals surface area contributed by atoms with E-state index in [1.165, 1.54) is 121 Å². The van der Waals surface area contributed by atoms with Gasteiger partial charge in [0.2, 0.25) is 0 Å². The molecule has 2 unspecified atom stereocenters. The van der Waals surface area contributed by atoms with E-state index in [0.717, 1.165) is 191 Å². The second-order valence-corrected chi connectivity index (χ2v) is 36.9. The third-order valence-electron chi connectivity index (χ3n) is 23.1. The maximum atomic E-state index is 11.4. The third-order valence-corrected chi connectivity index (χ3v) is 23.1. The summed E-state index contributed by atoms with van der Waals surface area (Å²) in [5.74, 6) is -2.69. The highest BCUT2D eigenvalue weighted by atomic mass is 16.6. The first-order valence-corrected chi connectivity index (χ1v) is 49.5. The van der Waals surface area contributed by atoms with E-state index < -0.39 is 0 Å². The quantitative estimate of drug-likeness (QED) is 0.0238. The lowest BCUT2D eigenvalue weighted by Gasteiger charge is -2.37. The number of rotatable bonds is 64. The van der Waals surface area contributed by atoms with Crippen LogP contribution in [0.4, 0.5) is 0 Å². The number of carbonyl (C=O) groups is 9. The van der Waals surface area contributed by atoms with E-state index in [4.69, 9.17) is 42.6 Å². The average Bonchev–Trinajstić information content (AvgIpc) is 0.888. The van der Waals surface area contributed by atoms with Crippen molar-refractivity contribution in [3.8, 4) is 0 Å². The molecule has 0 heterocycles. The summed E-state index contributed by atoms with van der Waals surface area (Å²) in [5.41, 5.74) is 1.88. The molecule has 132 heavy (non-hydrogen) atoms. The molecule has 0 spiro atoms. The Morgan fingerprint density at radius 1 is 0.220 bits per heavy atom. The first-order valence-electron chi connectivity index (χ1n) is 49.5. The predicted octanol–water partition coefficient (Wildman–Crippen LogP) is 16.7. The van der Waals surface area contributed by atoms with Crippen molar-refractivity contribution in [2.24, 2.45) is 0 Å². The van der Waals surface area contributed by atoms with Crippen LogP contribution in [0.1, 0.15) is 223 Å². The van der Waals surface area contributed by atoms with Gasteiger partial charge in [-0.15, -0.1) is 0 Å². The fraction of sp³-hybridized carbons (Fsp3) is 0.743. The summed E-state index contributed by atoms with van der Waals surface area (Å²) in [6, 6.07) is 0. The fourth-order valence-electron chi connectivity index (χ4n) is 13.5. The Bertz CT molecular complexity index is 3110. The van der Waals surface area contributed by atoms with E-state index in [9.17, 15) is 43.2 Å². The zero-order chi connectivity index (χ0) is 104. The summed E-state index contributed by atoms with van der Waals surface area (Å²) in [6.07, 6.45) is 19.9. The number of ether oxygens (including phenoxy) is 9. The minimum atomic E-state index is -0.349. The van der Waals surface area contributed by atoms with E-state index in [1.54, 1.807) is 40.7 Å². The molecular formula is C105H210N9O18+9. The highest BCUT2D eigenvalue weighted by Crippen LogP contribution is 2.16. The lowest BCUT2D eigenvalue weighted by atomic mass is 10.2. The number of esters is 9. The second-order valence-electron chi connectivity index (χ2n) is 36.9. The van der Waals surface area contributed by atoms with E-state index in [2.05, 4.69) is 220 Å². The SMILES string of the molecule is C/C=C/C(=O)OCC[N+](C)(C)C.C=C(C)C(=O)OCC[N+](C)(C)C.C=C(C)C(=O)OCC[N+](CC)(CC)CC.C=C(C)C(=O)OCC[N+](CC)(CCC)CCC.C=C(C)C(=O)OCC[N+](CC)(CCC)CCCC.C=CC(=O)OCC[N+](C)(C)C.C=CC(=O)OCC[N+](CC)(CC)CC.C=CC(=O)OCC[N+](CC)(CCC)CCC.C=CC(=O)OCC[N+](CC)(CCC)CCCC. The lowest BCUT2D eigenvalue weighted by molar-refractivity contribution is -0.927. The van der Waals surface area contributed by atoms with Crippen LogP contribution in [0, 0.1) is 0 Å². The van der Waals surface area contributed by atoms with Crippen LogP contribution in [0.25, 0.3) is 0 Å². The van der Waals surface area contributed by atoms with Crippen LogP contribution in [-0.2, 0) is 85.8 Å². The first kappa shape index (κ1) is 142. The van der Waals surface area contributed by atoms with Gasteiger partial charge in [0.05, 0.1) is 181 Å². The summed E-state index contributed by atoms with van der Waals surface area (Å²) < 4.78 is 54.0. The van der Waals surface area contributed by atoms with Crippen molar-refractivity contribution in [1.82, 2.24) is 0 Å². The van der Waals surface area contributed by atoms with Crippen LogP contribution in [0.3, 0.4) is 0 Å². The molecule has 0 amide bonds. The van der Waals surface area contributed by atoms with E-state index in [0.29, 0.717) is 81.8 Å². The Morgan fingerprint density at radius 2 is 0.379 bits per heavy atom. The normalized spacial score (nSPS) is 12.0. The molecule has 0 rings (SSSR count). The molecule has 27 heteroatoms. The maximum absolute atomic E-state index is 11.4. The van der Waals surface area contributed by atoms with Crippen LogP contribution >= 0.6 is 0 Å². The monoisotopic (exact) mass is 1890 g/mol. The van der Waals surface area contributed by atoms with Gasteiger partial charge in [0.25, 0.3) is 0 Å². The number of allylic oxidation sites excluding steroid dienone is 1. The van der Waals surface area contributed by atoms with E-state index in [1.807, 2.05) is 21.1 Å². The zero-order valence-corrected chi connectivity index (χ0v) is 91.5. The number of nitrogens with zero attached hydrogens (tertiary/aromatic N) is 9. The van der Waals surface area contributed by atoms with Crippen molar-refractivity contribution < 1.29 is 126 Å². The van der Waals surface area contributed by atoms with Crippen molar-refractivity contribution in [3.63, 3.8) is 0 Å². The molecule has 774 valence electrons. The molecule has 27 nitrogen and oxygen atoms in total. The van der Waals surface area contributed by atoms with Gasteiger partial charge in [0.1, 0.15) is 118 Å². The Balaban J connectivity index is -0.000000185. The number of likely N-dealkylation sites (N-methyl/N-ethyl adjacent to an activating group) is 9. The summed E-state index contributed by atoms with van der Waals surface area (Å²) in [5, 5.41) is 0. The van der Waals surface area contributed by atoms with Gasteiger partial charge in [-0.2, -0.15) is 0 Å². The van der Waals surface area contributed by atoms with Gasteiger partial charge in [-0.05, 0) is 155 Å². The summed E-state index contributed by atoms with van der Waals surface area (Å²) in [4.78, 5) is 98.9. The van der Waals surface area contributed by atoms with Gasteiger partial charge < -0.3 is 83.0 Å². The van der Waals surface area contributed by atoms with Crippen LogP contribution < -0.4 is 0 Å². The first-order chi connectivity index (χ1) is 61.7. The van der Waals surface area contributed by atoms with Crippen molar-refractivity contribution in [2.75, 3.05) is 300 Å². The Labute approximate surface area is 810 Å². The molecule has 0 radical (unpaired) electrons. The number of unbranched alkanes of at least 4 members (excludes halogenated alkanes) is 2. The van der Waals surface area contributed by atoms with Gasteiger partial charge in [-0.3, -0.25) is 0 Å². The van der Waals surface area contributed by atoms with Crippen molar-refractivity contribution in [3.05, 3.63) is 111 Å². The molecule has 0 bridgehead atoms. The molecule has 0 aromatic carbocycles. The Morgan fingerprint density at radius 3 is 0.530 bits per heavy atom. The van der Waals surface area contributed by atoms with Gasteiger partial charge in [-0.25, -0.2) is 43.2 Å². The molecule has 0 aromatic rings. The number of carbonyl (C=O) groups excluding carboxylic acids is 9. The molecule has 0 fully saturated rings. The molecule has 2 atom stereocenters. The predicted molar refractivity (Wildman–Crippen MR) is 549 cm³/mol. The molecule has 0 saturated heterocycles. The molecular weight excluding hydrogens is 1680 g/mol. The number of hydrogen-bond donors (Lipinski definition) is 0. The fourth-order valence-corrected chi connectivity index (χ4v) is 13.5. The topological polar surface area (TPSA) is 237 Å². The van der Waals surface area contributed by atoms with Gasteiger partial charge >= 0.3 is 53.7 Å². The van der Waals surface area contributed by atoms with E-state index in [-0.39, 0.29) is 53.7 Å². The number of hydrogen-bond acceptors (Lipinski definition) is 18. The van der Waals surface area contributed by atoms with Gasteiger partial charge in [0.15, 0.2) is 0 Å². The smallest absolute Gasteiger partial charge is 0.333 e. The molecule has 0 aliphatic heterocycles. The second kappa shape index (κ2) is 86.4. The lowest BCUT2D eigenvalue weighted by Crippen LogP contribution is -2.51. The van der Waals surface area contributed by atoms with Crippen LogP contribution in [0.15, 0.2) is 111 Å². The Kier molecular flexibility index (Phi) is 93.2. The summed E-state index contributed by atoms with van der Waals surface area (Å²) >= 11 is 0. The van der Waals surface area contributed by atoms with Crippen LogP contribution in [0.2, 0.25) is 0 Å². The van der Waals surface area contributed by atoms with Crippen LogP contribution in [-0.4, -0.2) is 394 Å². The largest absolute Gasteiger partial charge is 0.457 e. The molecule has 0 aliphatic carbocycles. The molecule has 0 N–H and O–H groups in total. The molecule has 0 saturated carbocycles. The minimum absolute atomic E-state index is 0.258. The van der Waals surface area contributed by atoms with Gasteiger partial charge in [-0.1, -0.05) is 127 Å². The minimum Gasteiger partial charge on any atom is -0.457 e. The van der Waals surface area contributed by atoms with Crippen molar-refractivity contribution in [2.45, 2.75) is 223 Å². The maximum Gasteiger partial charge on any atom is 0.333 e. The summed E-state index contributed by atoms with van der Waals surface area (Å²) in [7, 11) is 18.5. The summed E-state index contributed by atoms with van der Waals surface area (Å²) in [6.45, 7) is 108.